The highest BCUT2D eigenvalue weighted by atomic mass is 35.5. The fourth-order valence-corrected chi connectivity index (χ4v) is 2.67. The lowest BCUT2D eigenvalue weighted by Crippen LogP contribution is -2.13. The van der Waals surface area contributed by atoms with Crippen molar-refractivity contribution in [1.82, 2.24) is 4.98 Å². The molecule has 2 atom stereocenters. The van der Waals surface area contributed by atoms with Gasteiger partial charge in [-0.2, -0.15) is 0 Å². The lowest BCUT2D eigenvalue weighted by atomic mass is 10.1. The van der Waals surface area contributed by atoms with E-state index in [0.29, 0.717) is 16.8 Å². The molecule has 1 aromatic heterocycles. The van der Waals surface area contributed by atoms with E-state index in [1.54, 1.807) is 0 Å². The van der Waals surface area contributed by atoms with Crippen molar-refractivity contribution in [3.63, 3.8) is 0 Å². The second-order valence-corrected chi connectivity index (χ2v) is 5.43. The number of aromatic carboxylic acids is 1. The van der Waals surface area contributed by atoms with Gasteiger partial charge in [0.25, 0.3) is 0 Å². The Morgan fingerprint density at radius 2 is 2.39 bits per heavy atom. The summed E-state index contributed by atoms with van der Waals surface area (Å²) >= 11 is 6.00. The molecule has 0 radical (unpaired) electrons. The monoisotopic (exact) mass is 268 g/mol. The molecule has 1 heterocycles. The van der Waals surface area contributed by atoms with Gasteiger partial charge in [-0.15, -0.1) is 0 Å². The number of nitrogens with zero attached hydrogens (tertiary/aromatic N) is 1. The number of aromatic nitrogens is 1. The molecule has 2 rings (SSSR count). The Morgan fingerprint density at radius 1 is 1.61 bits per heavy atom. The number of carboxylic acids is 1. The van der Waals surface area contributed by atoms with E-state index in [2.05, 4.69) is 17.2 Å². The van der Waals surface area contributed by atoms with Crippen LogP contribution in [-0.4, -0.2) is 22.6 Å². The molecule has 1 saturated carbocycles. The normalized spacial score (nSPS) is 23.0. The van der Waals surface area contributed by atoms with Crippen LogP contribution in [0.2, 0.25) is 5.02 Å². The van der Waals surface area contributed by atoms with Gasteiger partial charge in [-0.1, -0.05) is 24.9 Å². The molecule has 0 amide bonds. The summed E-state index contributed by atoms with van der Waals surface area (Å²) in [6.45, 7) is 3.12. The largest absolute Gasteiger partial charge is 0.478 e. The number of rotatable bonds is 4. The molecule has 18 heavy (non-hydrogen) atoms. The highest BCUT2D eigenvalue weighted by Gasteiger charge is 2.21. The Kier molecular flexibility index (Phi) is 4.07. The summed E-state index contributed by atoms with van der Waals surface area (Å²) in [4.78, 5) is 14.8. The molecule has 2 unspecified atom stereocenters. The predicted molar refractivity (Wildman–Crippen MR) is 71.2 cm³/mol. The van der Waals surface area contributed by atoms with E-state index < -0.39 is 5.97 Å². The van der Waals surface area contributed by atoms with Crippen molar-refractivity contribution in [2.75, 3.05) is 11.9 Å². The van der Waals surface area contributed by atoms with E-state index in [4.69, 9.17) is 16.7 Å². The first kappa shape index (κ1) is 13.1. The van der Waals surface area contributed by atoms with Gasteiger partial charge in [-0.25, -0.2) is 9.78 Å². The Balaban J connectivity index is 1.95. The number of hydrogen-bond acceptors (Lipinski definition) is 3. The highest BCUT2D eigenvalue weighted by Crippen LogP contribution is 2.30. The molecule has 1 aliphatic rings. The van der Waals surface area contributed by atoms with Crippen LogP contribution >= 0.6 is 11.6 Å². The van der Waals surface area contributed by atoms with Gasteiger partial charge in [0.2, 0.25) is 0 Å². The van der Waals surface area contributed by atoms with Crippen molar-refractivity contribution in [3.8, 4) is 0 Å². The molecular formula is C13H17ClN2O2. The maximum absolute atomic E-state index is 10.7. The van der Waals surface area contributed by atoms with E-state index in [-0.39, 0.29) is 5.56 Å². The number of carboxylic acid groups (broad SMARTS) is 1. The third-order valence-electron chi connectivity index (χ3n) is 3.45. The molecular weight excluding hydrogens is 252 g/mol. The van der Waals surface area contributed by atoms with Crippen molar-refractivity contribution in [2.24, 2.45) is 11.8 Å². The summed E-state index contributed by atoms with van der Waals surface area (Å²) in [5, 5.41) is 12.4. The summed E-state index contributed by atoms with van der Waals surface area (Å²) in [5.41, 5.74) is 0.111. The topological polar surface area (TPSA) is 62.2 Å². The highest BCUT2D eigenvalue weighted by molar-refractivity contribution is 6.33. The summed E-state index contributed by atoms with van der Waals surface area (Å²) in [5.74, 6) is 1.02. The van der Waals surface area contributed by atoms with Crippen LogP contribution < -0.4 is 5.32 Å². The third-order valence-corrected chi connectivity index (χ3v) is 3.74. The van der Waals surface area contributed by atoms with E-state index in [1.807, 2.05) is 0 Å². The van der Waals surface area contributed by atoms with E-state index in [0.717, 1.165) is 12.5 Å². The first-order valence-electron chi connectivity index (χ1n) is 6.19. The molecule has 4 nitrogen and oxygen atoms in total. The van der Waals surface area contributed by atoms with Crippen LogP contribution in [-0.2, 0) is 0 Å². The fraction of sp³-hybridized carbons (Fsp3) is 0.538. The fourth-order valence-electron chi connectivity index (χ4n) is 2.44. The zero-order valence-corrected chi connectivity index (χ0v) is 11.1. The number of halogens is 1. The van der Waals surface area contributed by atoms with Crippen molar-refractivity contribution in [3.05, 3.63) is 22.8 Å². The van der Waals surface area contributed by atoms with Crippen molar-refractivity contribution >= 4 is 23.4 Å². The first-order valence-corrected chi connectivity index (χ1v) is 6.56. The van der Waals surface area contributed by atoms with Gasteiger partial charge in [-0.3, -0.25) is 0 Å². The number of pyridine rings is 1. The van der Waals surface area contributed by atoms with Crippen LogP contribution in [0.4, 0.5) is 5.82 Å². The average molecular weight is 269 g/mol. The first-order chi connectivity index (χ1) is 8.56. The van der Waals surface area contributed by atoms with Crippen LogP contribution in [0.25, 0.3) is 0 Å². The van der Waals surface area contributed by atoms with Gasteiger partial charge in [0.15, 0.2) is 0 Å². The minimum atomic E-state index is -1.01. The van der Waals surface area contributed by atoms with Gasteiger partial charge in [0.1, 0.15) is 5.82 Å². The molecule has 0 bridgehead atoms. The third kappa shape index (κ3) is 3.13. The number of hydrogen-bond donors (Lipinski definition) is 2. The lowest BCUT2D eigenvalue weighted by Gasteiger charge is -2.12. The standard InChI is InChI=1S/C13H17ClN2O2/c1-8-2-3-9(4-8)6-15-12-11(14)5-10(7-16-12)13(17)18/h5,7-9H,2-4,6H2,1H3,(H,15,16)(H,17,18). The van der Waals surface area contributed by atoms with E-state index in [1.165, 1.54) is 31.5 Å². The van der Waals surface area contributed by atoms with Gasteiger partial charge >= 0.3 is 5.97 Å². The van der Waals surface area contributed by atoms with E-state index in [9.17, 15) is 4.79 Å². The van der Waals surface area contributed by atoms with Crippen molar-refractivity contribution in [1.29, 1.82) is 0 Å². The van der Waals surface area contributed by atoms with Crippen LogP contribution in [0.15, 0.2) is 12.3 Å². The molecule has 0 aliphatic heterocycles. The van der Waals surface area contributed by atoms with Crippen molar-refractivity contribution < 1.29 is 9.90 Å². The Hall–Kier alpha value is -1.29. The lowest BCUT2D eigenvalue weighted by molar-refractivity contribution is 0.0696. The van der Waals surface area contributed by atoms with Gasteiger partial charge in [0, 0.05) is 12.7 Å². The van der Waals surface area contributed by atoms with Crippen LogP contribution in [0.5, 0.6) is 0 Å². The van der Waals surface area contributed by atoms with Crippen LogP contribution in [0.1, 0.15) is 36.5 Å². The molecule has 0 spiro atoms. The second kappa shape index (κ2) is 5.57. The smallest absolute Gasteiger partial charge is 0.337 e. The number of nitrogens with one attached hydrogen (secondary N) is 1. The van der Waals surface area contributed by atoms with E-state index >= 15 is 0 Å². The van der Waals surface area contributed by atoms with Crippen molar-refractivity contribution in [2.45, 2.75) is 26.2 Å². The zero-order valence-electron chi connectivity index (χ0n) is 10.3. The summed E-state index contributed by atoms with van der Waals surface area (Å²) in [7, 11) is 0. The Morgan fingerprint density at radius 3 is 2.94 bits per heavy atom. The summed E-state index contributed by atoms with van der Waals surface area (Å²) < 4.78 is 0. The molecule has 1 aromatic rings. The summed E-state index contributed by atoms with van der Waals surface area (Å²) in [6, 6.07) is 1.43. The molecule has 0 saturated heterocycles. The molecule has 98 valence electrons. The number of anilines is 1. The predicted octanol–water partition coefficient (Wildman–Crippen LogP) is 3.28. The molecule has 1 aliphatic carbocycles. The summed E-state index contributed by atoms with van der Waals surface area (Å²) in [6.07, 6.45) is 5.08. The van der Waals surface area contributed by atoms with Crippen LogP contribution in [0, 0.1) is 11.8 Å². The van der Waals surface area contributed by atoms with Gasteiger partial charge in [0.05, 0.1) is 10.6 Å². The minimum Gasteiger partial charge on any atom is -0.478 e. The minimum absolute atomic E-state index is 0.111. The molecule has 5 heteroatoms. The Bertz CT molecular complexity index is 451. The average Bonchev–Trinajstić information content (AvgIpc) is 2.73. The SMILES string of the molecule is CC1CCC(CNc2ncc(C(=O)O)cc2Cl)C1. The molecule has 2 N–H and O–H groups in total. The maximum Gasteiger partial charge on any atom is 0.337 e. The van der Waals surface area contributed by atoms with Gasteiger partial charge < -0.3 is 10.4 Å². The number of carbonyl (C=O) groups is 1. The molecule has 1 fully saturated rings. The Labute approximate surface area is 111 Å². The second-order valence-electron chi connectivity index (χ2n) is 5.02. The quantitative estimate of drug-likeness (QED) is 0.880. The van der Waals surface area contributed by atoms with Crippen LogP contribution in [0.3, 0.4) is 0 Å². The maximum atomic E-state index is 10.7. The van der Waals surface area contributed by atoms with Gasteiger partial charge in [-0.05, 0) is 30.7 Å². The zero-order chi connectivity index (χ0) is 13.1. The molecule has 0 aromatic carbocycles.